The topological polar surface area (TPSA) is 30.5 Å². The largest absolute Gasteiger partial charge is 0.381 e. The minimum absolute atomic E-state index is 0.177. The van der Waals surface area contributed by atoms with E-state index in [0.717, 1.165) is 18.5 Å². The summed E-state index contributed by atoms with van der Waals surface area (Å²) < 4.78 is 0. The average Bonchev–Trinajstić information content (AvgIpc) is 3.30. The molecule has 0 aromatic rings. The third kappa shape index (κ3) is 13.6. The van der Waals surface area contributed by atoms with Crippen molar-refractivity contribution < 1.29 is 0 Å². The molecule has 4 nitrogen and oxygen atoms in total. The molecule has 2 aliphatic heterocycles. The third-order valence-electron chi connectivity index (χ3n) is 5.78. The van der Waals surface area contributed by atoms with Crippen molar-refractivity contribution in [2.75, 3.05) is 20.6 Å². The van der Waals surface area contributed by atoms with Crippen LogP contribution in [0, 0.1) is 5.41 Å². The molecule has 0 aromatic heterocycles. The van der Waals surface area contributed by atoms with Gasteiger partial charge in [-0.1, -0.05) is 91.0 Å². The van der Waals surface area contributed by atoms with Crippen molar-refractivity contribution in [1.29, 1.82) is 0 Å². The van der Waals surface area contributed by atoms with E-state index < -0.39 is 0 Å². The predicted octanol–water partition coefficient (Wildman–Crippen LogP) is 8.14. The maximum atomic E-state index is 3.89. The summed E-state index contributed by atoms with van der Waals surface area (Å²) in [6.07, 6.45) is 20.4. The van der Waals surface area contributed by atoms with Crippen molar-refractivity contribution in [3.63, 3.8) is 0 Å². The molecule has 0 spiro atoms. The molecule has 0 aromatic carbocycles. The first kappa shape index (κ1) is 35.7. The molecular weight excluding hydrogens is 440 g/mol. The lowest BCUT2D eigenvalue weighted by Crippen LogP contribution is -2.49. The standard InChI is InChI=1S/C18H25N3.C10H21N.2C2H6/c1-5-8-14-10-17(19-12-14)20-18-11-16(9-6-2)15(7-3)13-21(18)4;1-7-11(6)8-9(2)10(3,4)5;2*1-2/h5-9,11-13,17-20H,3,10H2,1-2,4H3;8H,7H2,1-6H3;2*1-2H3/b8-5+,9-6-;9-8+;;. The van der Waals surface area contributed by atoms with Crippen LogP contribution in [-0.4, -0.2) is 42.8 Å². The third-order valence-corrected chi connectivity index (χ3v) is 5.78. The number of allylic oxidation sites excluding steroid dienone is 8. The van der Waals surface area contributed by atoms with Crippen LogP contribution < -0.4 is 10.6 Å². The van der Waals surface area contributed by atoms with Crippen LogP contribution in [0.1, 0.15) is 82.6 Å². The van der Waals surface area contributed by atoms with Gasteiger partial charge >= 0.3 is 0 Å². The molecule has 0 saturated carbocycles. The minimum Gasteiger partial charge on any atom is -0.381 e. The molecule has 0 fully saturated rings. The molecule has 2 atom stereocenters. The number of nitrogens with one attached hydrogen (secondary N) is 2. The van der Waals surface area contributed by atoms with E-state index >= 15 is 0 Å². The van der Waals surface area contributed by atoms with Crippen molar-refractivity contribution in [3.05, 3.63) is 83.9 Å². The van der Waals surface area contributed by atoms with Gasteiger partial charge in [0.1, 0.15) is 6.17 Å². The second-order valence-corrected chi connectivity index (χ2v) is 9.47. The fourth-order valence-corrected chi connectivity index (χ4v) is 3.25. The van der Waals surface area contributed by atoms with Crippen molar-refractivity contribution in [2.45, 2.75) is 94.9 Å². The molecule has 36 heavy (non-hydrogen) atoms. The Bertz CT molecular complexity index is 787. The molecule has 2 unspecified atom stereocenters. The first-order chi connectivity index (χ1) is 17.0. The van der Waals surface area contributed by atoms with Gasteiger partial charge in [0, 0.05) is 39.5 Å². The first-order valence-electron chi connectivity index (χ1n) is 13.7. The summed E-state index contributed by atoms with van der Waals surface area (Å²) in [5, 5.41) is 7.02. The van der Waals surface area contributed by atoms with Crippen molar-refractivity contribution >= 4 is 0 Å². The lowest BCUT2D eigenvalue weighted by molar-refractivity contribution is 0.284. The molecule has 206 valence electrons. The van der Waals surface area contributed by atoms with Gasteiger partial charge in [-0.05, 0) is 62.1 Å². The van der Waals surface area contributed by atoms with Crippen LogP contribution in [0.2, 0.25) is 0 Å². The second-order valence-electron chi connectivity index (χ2n) is 9.47. The Balaban J connectivity index is 0. The van der Waals surface area contributed by atoms with E-state index in [1.165, 1.54) is 16.7 Å². The highest BCUT2D eigenvalue weighted by atomic mass is 15.3. The molecule has 0 amide bonds. The fourth-order valence-electron chi connectivity index (χ4n) is 3.25. The number of likely N-dealkylation sites (N-methyl/N-ethyl adjacent to an activating group) is 1. The molecule has 4 heteroatoms. The molecule has 0 aliphatic carbocycles. The summed E-state index contributed by atoms with van der Waals surface area (Å²) in [5.41, 5.74) is 5.43. The monoisotopic (exact) mass is 498 g/mol. The number of hydrogen-bond donors (Lipinski definition) is 2. The van der Waals surface area contributed by atoms with E-state index in [9.17, 15) is 0 Å². The Morgan fingerprint density at radius 2 is 1.72 bits per heavy atom. The van der Waals surface area contributed by atoms with E-state index in [2.05, 4.69) is 125 Å². The zero-order chi connectivity index (χ0) is 28.3. The molecule has 2 aliphatic rings. The lowest BCUT2D eigenvalue weighted by atomic mass is 9.88. The number of nitrogens with zero attached hydrogens (tertiary/aromatic N) is 2. The highest BCUT2D eigenvalue weighted by molar-refractivity contribution is 5.48. The van der Waals surface area contributed by atoms with Crippen LogP contribution in [0.5, 0.6) is 0 Å². The van der Waals surface area contributed by atoms with Crippen molar-refractivity contribution in [1.82, 2.24) is 20.4 Å². The van der Waals surface area contributed by atoms with E-state index in [-0.39, 0.29) is 12.3 Å². The number of rotatable bonds is 7. The molecule has 2 heterocycles. The van der Waals surface area contributed by atoms with E-state index in [4.69, 9.17) is 0 Å². The first-order valence-corrected chi connectivity index (χ1v) is 13.7. The summed E-state index contributed by atoms with van der Waals surface area (Å²) in [4.78, 5) is 4.39. The summed E-state index contributed by atoms with van der Waals surface area (Å²) >= 11 is 0. The molecule has 2 N–H and O–H groups in total. The second kappa shape index (κ2) is 19.7. The van der Waals surface area contributed by atoms with Gasteiger partial charge < -0.3 is 15.1 Å². The van der Waals surface area contributed by atoms with Gasteiger partial charge in [-0.2, -0.15) is 0 Å². The van der Waals surface area contributed by atoms with Gasteiger partial charge in [-0.25, -0.2) is 0 Å². The maximum absolute atomic E-state index is 3.89. The Morgan fingerprint density at radius 1 is 1.14 bits per heavy atom. The highest BCUT2D eigenvalue weighted by Crippen LogP contribution is 2.24. The van der Waals surface area contributed by atoms with Crippen molar-refractivity contribution in [2.24, 2.45) is 5.41 Å². The van der Waals surface area contributed by atoms with Crippen LogP contribution in [0.4, 0.5) is 0 Å². The predicted molar refractivity (Wildman–Crippen MR) is 165 cm³/mol. The van der Waals surface area contributed by atoms with Crippen molar-refractivity contribution in [3.8, 4) is 0 Å². The van der Waals surface area contributed by atoms with Crippen LogP contribution in [0.3, 0.4) is 0 Å². The summed E-state index contributed by atoms with van der Waals surface area (Å²) in [7, 11) is 4.19. The van der Waals surface area contributed by atoms with Crippen LogP contribution in [-0.2, 0) is 0 Å². The Hall–Kier alpha value is -2.46. The summed E-state index contributed by atoms with van der Waals surface area (Å²) in [6.45, 7) is 28.1. The highest BCUT2D eigenvalue weighted by Gasteiger charge is 2.22. The zero-order valence-electron chi connectivity index (χ0n) is 25.9. The van der Waals surface area contributed by atoms with Crippen LogP contribution in [0.25, 0.3) is 0 Å². The Labute approximate surface area is 225 Å². The Morgan fingerprint density at radius 3 is 2.19 bits per heavy atom. The summed E-state index contributed by atoms with van der Waals surface area (Å²) in [5.74, 6) is 0. The fraction of sp³-hybridized carbons (Fsp3) is 0.562. The quantitative estimate of drug-likeness (QED) is 0.371. The van der Waals surface area contributed by atoms with Gasteiger partial charge in [0.25, 0.3) is 0 Å². The van der Waals surface area contributed by atoms with Gasteiger partial charge in [-0.15, -0.1) is 0 Å². The van der Waals surface area contributed by atoms with E-state index in [0.29, 0.717) is 5.41 Å². The molecule has 2 rings (SSSR count). The average molecular weight is 499 g/mol. The van der Waals surface area contributed by atoms with Crippen LogP contribution in [0.15, 0.2) is 83.9 Å². The zero-order valence-corrected chi connectivity index (χ0v) is 25.9. The van der Waals surface area contributed by atoms with Gasteiger partial charge in [0.2, 0.25) is 0 Å². The lowest BCUT2D eigenvalue weighted by Gasteiger charge is -2.33. The van der Waals surface area contributed by atoms with Gasteiger partial charge in [-0.3, -0.25) is 5.32 Å². The minimum atomic E-state index is 0.177. The smallest absolute Gasteiger partial charge is 0.100 e. The molecular formula is C32H58N4. The van der Waals surface area contributed by atoms with Gasteiger partial charge in [0.05, 0.1) is 6.17 Å². The molecule has 0 bridgehead atoms. The van der Waals surface area contributed by atoms with Crippen LogP contribution >= 0.6 is 0 Å². The molecule has 0 radical (unpaired) electrons. The van der Waals surface area contributed by atoms with E-state index in [1.807, 2.05) is 47.6 Å². The maximum Gasteiger partial charge on any atom is 0.100 e. The molecule has 0 saturated heterocycles. The van der Waals surface area contributed by atoms with E-state index in [1.54, 1.807) is 0 Å². The summed E-state index contributed by atoms with van der Waals surface area (Å²) in [6, 6.07) is 0. The normalized spacial score (nSPS) is 19.5. The Kier molecular flexibility index (Phi) is 19.5. The number of hydrogen-bond acceptors (Lipinski definition) is 4. The van der Waals surface area contributed by atoms with Gasteiger partial charge in [0.15, 0.2) is 0 Å². The SMILES string of the molecule is C=CC1=CN(C)C(NC2CC(/C=C/C)=CN2)C=C1/C=C\C.CC.CC.CCN(C)/C=C(\C)C(C)(C)C.